The summed E-state index contributed by atoms with van der Waals surface area (Å²) in [6, 6.07) is 8.71. The molecule has 4 rings (SSSR count). The van der Waals surface area contributed by atoms with Crippen molar-refractivity contribution in [1.82, 2.24) is 20.4 Å². The van der Waals surface area contributed by atoms with Crippen LogP contribution in [-0.2, 0) is 16.1 Å². The number of rotatable bonds is 6. The standard InChI is InChI=1S/C23H26N4O4/c1-4-27-18-12-26(13-19(28)24-11-16-6-5-9-31-16)22(29)20(18)21(25-23(27)30)17-8-7-14(2)10-15(17)3/h5-10,21H,4,11-13H2,1-3H3,(H,24,28)(H,25,30)/t21-/m1/s1. The maximum atomic E-state index is 13.3. The smallest absolute Gasteiger partial charge is 0.322 e. The first-order valence-electron chi connectivity index (χ1n) is 10.4. The van der Waals surface area contributed by atoms with Crippen LogP contribution in [0.3, 0.4) is 0 Å². The highest BCUT2D eigenvalue weighted by atomic mass is 16.3. The number of aryl methyl sites for hydroxylation is 2. The molecule has 0 aliphatic carbocycles. The van der Waals surface area contributed by atoms with E-state index >= 15 is 0 Å². The topological polar surface area (TPSA) is 94.9 Å². The quantitative estimate of drug-likeness (QED) is 0.747. The van der Waals surface area contributed by atoms with E-state index in [2.05, 4.69) is 10.6 Å². The van der Waals surface area contributed by atoms with Gasteiger partial charge in [-0.3, -0.25) is 14.5 Å². The van der Waals surface area contributed by atoms with Gasteiger partial charge in [-0.15, -0.1) is 0 Å². The van der Waals surface area contributed by atoms with Gasteiger partial charge in [0.25, 0.3) is 5.91 Å². The average molecular weight is 422 g/mol. The molecule has 0 bridgehead atoms. The van der Waals surface area contributed by atoms with Crippen LogP contribution in [0.5, 0.6) is 0 Å². The van der Waals surface area contributed by atoms with E-state index in [1.165, 1.54) is 4.90 Å². The van der Waals surface area contributed by atoms with Crippen LogP contribution in [0.15, 0.2) is 52.3 Å². The minimum absolute atomic E-state index is 0.0854. The minimum Gasteiger partial charge on any atom is -0.467 e. The van der Waals surface area contributed by atoms with Crippen LogP contribution >= 0.6 is 0 Å². The highest BCUT2D eigenvalue weighted by Gasteiger charge is 2.44. The number of carbonyl (C=O) groups excluding carboxylic acids is 3. The summed E-state index contributed by atoms with van der Waals surface area (Å²) in [5.41, 5.74) is 4.21. The number of nitrogens with zero attached hydrogens (tertiary/aromatic N) is 2. The molecule has 0 saturated carbocycles. The lowest BCUT2D eigenvalue weighted by Gasteiger charge is -2.33. The summed E-state index contributed by atoms with van der Waals surface area (Å²) in [6.07, 6.45) is 1.54. The van der Waals surface area contributed by atoms with Gasteiger partial charge in [-0.25, -0.2) is 4.79 Å². The van der Waals surface area contributed by atoms with E-state index in [1.807, 2.05) is 39.0 Å². The minimum atomic E-state index is -0.533. The Bertz CT molecular complexity index is 1060. The van der Waals surface area contributed by atoms with E-state index in [0.29, 0.717) is 23.6 Å². The zero-order valence-electron chi connectivity index (χ0n) is 17.9. The number of hydrogen-bond acceptors (Lipinski definition) is 4. The Labute approximate surface area is 180 Å². The molecule has 0 unspecified atom stereocenters. The molecule has 0 fully saturated rings. The van der Waals surface area contributed by atoms with Gasteiger partial charge in [0.15, 0.2) is 0 Å². The van der Waals surface area contributed by atoms with Crippen molar-refractivity contribution in [1.29, 1.82) is 0 Å². The van der Waals surface area contributed by atoms with Crippen LogP contribution in [0.4, 0.5) is 4.79 Å². The van der Waals surface area contributed by atoms with Crippen LogP contribution < -0.4 is 10.6 Å². The summed E-state index contributed by atoms with van der Waals surface area (Å²) in [4.78, 5) is 41.6. The van der Waals surface area contributed by atoms with E-state index in [-0.39, 0.29) is 37.5 Å². The number of hydrogen-bond donors (Lipinski definition) is 2. The van der Waals surface area contributed by atoms with Crippen molar-refractivity contribution in [3.63, 3.8) is 0 Å². The van der Waals surface area contributed by atoms with Gasteiger partial charge >= 0.3 is 6.03 Å². The molecule has 0 radical (unpaired) electrons. The molecule has 162 valence electrons. The van der Waals surface area contributed by atoms with Crippen molar-refractivity contribution in [3.05, 3.63) is 70.3 Å². The first kappa shape index (κ1) is 20.7. The fraction of sp³-hybridized carbons (Fsp3) is 0.348. The van der Waals surface area contributed by atoms with Gasteiger partial charge < -0.3 is 20.0 Å². The molecule has 3 heterocycles. The molecule has 2 N–H and O–H groups in total. The fourth-order valence-corrected chi connectivity index (χ4v) is 4.22. The van der Waals surface area contributed by atoms with E-state index in [9.17, 15) is 14.4 Å². The first-order chi connectivity index (χ1) is 14.9. The number of benzene rings is 1. The Morgan fingerprint density at radius 2 is 2.06 bits per heavy atom. The van der Waals surface area contributed by atoms with Crippen molar-refractivity contribution < 1.29 is 18.8 Å². The average Bonchev–Trinajstić information content (AvgIpc) is 3.35. The lowest BCUT2D eigenvalue weighted by molar-refractivity contribution is -0.132. The third kappa shape index (κ3) is 3.93. The molecule has 2 aliphatic rings. The molecule has 1 aromatic carbocycles. The summed E-state index contributed by atoms with van der Waals surface area (Å²) in [6.45, 7) is 6.68. The molecule has 31 heavy (non-hydrogen) atoms. The van der Waals surface area contributed by atoms with Crippen LogP contribution in [0, 0.1) is 13.8 Å². The zero-order valence-corrected chi connectivity index (χ0v) is 17.9. The Morgan fingerprint density at radius 1 is 1.26 bits per heavy atom. The van der Waals surface area contributed by atoms with Gasteiger partial charge in [0.1, 0.15) is 12.3 Å². The SMILES string of the molecule is CCN1C(=O)N[C@H](c2ccc(C)cc2C)C2=C1CN(CC(=O)NCc1ccco1)C2=O. The van der Waals surface area contributed by atoms with Gasteiger partial charge in [0.05, 0.1) is 36.7 Å². The molecule has 8 heteroatoms. The molecule has 2 aromatic rings. The van der Waals surface area contributed by atoms with Gasteiger partial charge in [0.2, 0.25) is 5.91 Å². The van der Waals surface area contributed by atoms with Crippen LogP contribution in [-0.4, -0.2) is 47.3 Å². The summed E-state index contributed by atoms with van der Waals surface area (Å²) in [5, 5.41) is 5.75. The first-order valence-corrected chi connectivity index (χ1v) is 10.4. The van der Waals surface area contributed by atoms with E-state index in [4.69, 9.17) is 4.42 Å². The van der Waals surface area contributed by atoms with Gasteiger partial charge in [-0.1, -0.05) is 23.8 Å². The molecule has 2 aliphatic heterocycles. The molecular formula is C23H26N4O4. The summed E-state index contributed by atoms with van der Waals surface area (Å²) < 4.78 is 5.22. The third-order valence-electron chi connectivity index (χ3n) is 5.72. The van der Waals surface area contributed by atoms with Gasteiger partial charge in [-0.05, 0) is 44.0 Å². The van der Waals surface area contributed by atoms with E-state index in [1.54, 1.807) is 23.3 Å². The highest BCUT2D eigenvalue weighted by molar-refractivity contribution is 6.03. The number of urea groups is 1. The van der Waals surface area contributed by atoms with Crippen molar-refractivity contribution in [2.45, 2.75) is 33.4 Å². The molecule has 4 amide bonds. The van der Waals surface area contributed by atoms with Crippen molar-refractivity contribution in [2.24, 2.45) is 0 Å². The lowest BCUT2D eigenvalue weighted by Crippen LogP contribution is -2.47. The number of furan rings is 1. The molecule has 8 nitrogen and oxygen atoms in total. The number of nitrogens with one attached hydrogen (secondary N) is 2. The second kappa shape index (κ2) is 8.29. The molecule has 0 spiro atoms. The predicted molar refractivity (Wildman–Crippen MR) is 114 cm³/mol. The van der Waals surface area contributed by atoms with Crippen LogP contribution in [0.2, 0.25) is 0 Å². The van der Waals surface area contributed by atoms with Crippen molar-refractivity contribution in [2.75, 3.05) is 19.6 Å². The Hall–Kier alpha value is -3.55. The number of amides is 4. The normalized spacial score (nSPS) is 18.4. The lowest BCUT2D eigenvalue weighted by atomic mass is 9.91. The molecular weight excluding hydrogens is 396 g/mol. The van der Waals surface area contributed by atoms with E-state index in [0.717, 1.165) is 16.7 Å². The maximum Gasteiger partial charge on any atom is 0.322 e. The maximum absolute atomic E-state index is 13.3. The molecule has 1 aromatic heterocycles. The summed E-state index contributed by atoms with van der Waals surface area (Å²) >= 11 is 0. The van der Waals surface area contributed by atoms with Gasteiger partial charge in [0, 0.05) is 6.54 Å². The summed E-state index contributed by atoms with van der Waals surface area (Å²) in [5.74, 6) is 0.127. The Kier molecular flexibility index (Phi) is 5.54. The monoisotopic (exact) mass is 422 g/mol. The highest BCUT2D eigenvalue weighted by Crippen LogP contribution is 2.37. The number of likely N-dealkylation sites (N-methyl/N-ethyl adjacent to an activating group) is 1. The van der Waals surface area contributed by atoms with Crippen molar-refractivity contribution in [3.8, 4) is 0 Å². The van der Waals surface area contributed by atoms with Gasteiger partial charge in [-0.2, -0.15) is 0 Å². The summed E-state index contributed by atoms with van der Waals surface area (Å²) in [7, 11) is 0. The predicted octanol–water partition coefficient (Wildman–Crippen LogP) is 2.40. The number of carbonyl (C=O) groups is 3. The Morgan fingerprint density at radius 3 is 2.74 bits per heavy atom. The molecule has 1 atom stereocenters. The second-order valence-corrected chi connectivity index (χ2v) is 7.86. The fourth-order valence-electron chi connectivity index (χ4n) is 4.22. The van der Waals surface area contributed by atoms with E-state index < -0.39 is 6.04 Å². The third-order valence-corrected chi connectivity index (χ3v) is 5.72. The van der Waals surface area contributed by atoms with Crippen LogP contribution in [0.25, 0.3) is 0 Å². The Balaban J connectivity index is 1.56. The zero-order chi connectivity index (χ0) is 22.1. The second-order valence-electron chi connectivity index (χ2n) is 7.86. The van der Waals surface area contributed by atoms with Crippen molar-refractivity contribution >= 4 is 17.8 Å². The van der Waals surface area contributed by atoms with Crippen LogP contribution in [0.1, 0.15) is 35.4 Å². The largest absolute Gasteiger partial charge is 0.467 e. The molecule has 0 saturated heterocycles.